The third-order valence-corrected chi connectivity index (χ3v) is 3.19. The van der Waals surface area contributed by atoms with Crippen LogP contribution < -0.4 is 5.32 Å². The number of hydrogen-bond acceptors (Lipinski definition) is 2. The number of halogens is 4. The van der Waals surface area contributed by atoms with Crippen LogP contribution in [0.2, 0.25) is 0 Å². The van der Waals surface area contributed by atoms with E-state index >= 15 is 0 Å². The minimum atomic E-state index is -4.37. The average Bonchev–Trinajstić information content (AvgIpc) is 2.35. The molecule has 0 bridgehead atoms. The predicted octanol–water partition coefficient (Wildman–Crippen LogP) is 5.06. The first-order valence-corrected chi connectivity index (χ1v) is 7.88. The Morgan fingerprint density at radius 1 is 1.23 bits per heavy atom. The lowest BCUT2D eigenvalue weighted by atomic mass is 10.0. The van der Waals surface area contributed by atoms with Crippen molar-refractivity contribution in [1.82, 2.24) is 5.32 Å². The van der Waals surface area contributed by atoms with E-state index < -0.39 is 29.5 Å². The molecule has 0 fully saturated rings. The number of benzene rings is 1. The highest BCUT2D eigenvalue weighted by Crippen LogP contribution is 2.30. The van der Waals surface area contributed by atoms with Crippen LogP contribution in [0.25, 0.3) is 0 Å². The van der Waals surface area contributed by atoms with Crippen LogP contribution >= 0.6 is 15.9 Å². The largest absolute Gasteiger partial charge is 0.444 e. The molecule has 124 valence electrons. The van der Waals surface area contributed by atoms with Crippen molar-refractivity contribution in [1.29, 1.82) is 0 Å². The summed E-state index contributed by atoms with van der Waals surface area (Å²) in [4.78, 5) is 11.8. The van der Waals surface area contributed by atoms with Crippen LogP contribution in [0.1, 0.15) is 44.4 Å². The van der Waals surface area contributed by atoms with Gasteiger partial charge in [-0.3, -0.25) is 0 Å². The third-order valence-electron chi connectivity index (χ3n) is 2.73. The number of rotatable bonds is 4. The molecule has 1 aromatic rings. The van der Waals surface area contributed by atoms with Crippen molar-refractivity contribution in [2.75, 3.05) is 5.33 Å². The van der Waals surface area contributed by atoms with Crippen LogP contribution in [-0.4, -0.2) is 17.0 Å². The number of alkyl halides is 4. The number of alkyl carbamates (subject to hydrolysis) is 1. The van der Waals surface area contributed by atoms with Crippen LogP contribution in [0.5, 0.6) is 0 Å². The van der Waals surface area contributed by atoms with E-state index in [1.54, 1.807) is 20.8 Å². The zero-order chi connectivity index (χ0) is 17.0. The van der Waals surface area contributed by atoms with Gasteiger partial charge in [-0.1, -0.05) is 28.1 Å². The molecular weight excluding hydrogens is 363 g/mol. The summed E-state index contributed by atoms with van der Waals surface area (Å²) in [7, 11) is 0. The Bertz CT molecular complexity index is 495. The topological polar surface area (TPSA) is 38.3 Å². The fraction of sp³-hybridized carbons (Fsp3) is 0.533. The zero-order valence-electron chi connectivity index (χ0n) is 12.6. The lowest BCUT2D eigenvalue weighted by molar-refractivity contribution is -0.137. The molecule has 0 radical (unpaired) electrons. The lowest BCUT2D eigenvalue weighted by Gasteiger charge is -2.23. The van der Waals surface area contributed by atoms with E-state index in [9.17, 15) is 18.0 Å². The Hall–Kier alpha value is -1.24. The van der Waals surface area contributed by atoms with Gasteiger partial charge in [0.15, 0.2) is 0 Å². The zero-order valence-corrected chi connectivity index (χ0v) is 14.2. The Labute approximate surface area is 136 Å². The van der Waals surface area contributed by atoms with Gasteiger partial charge in [-0.05, 0) is 44.9 Å². The van der Waals surface area contributed by atoms with Crippen LogP contribution in [-0.2, 0) is 10.9 Å². The van der Waals surface area contributed by atoms with Crippen LogP contribution in [0, 0.1) is 0 Å². The molecule has 1 N–H and O–H groups in total. The van der Waals surface area contributed by atoms with Crippen molar-refractivity contribution in [3.8, 4) is 0 Å². The maximum Gasteiger partial charge on any atom is 0.416 e. The highest BCUT2D eigenvalue weighted by atomic mass is 79.9. The number of carbonyl (C=O) groups is 1. The second-order valence-electron chi connectivity index (χ2n) is 5.80. The fourth-order valence-corrected chi connectivity index (χ4v) is 2.24. The summed E-state index contributed by atoms with van der Waals surface area (Å²) in [6, 6.07) is 4.33. The van der Waals surface area contributed by atoms with E-state index in [0.29, 0.717) is 17.3 Å². The lowest BCUT2D eigenvalue weighted by Crippen LogP contribution is -2.35. The average molecular weight is 382 g/mol. The summed E-state index contributed by atoms with van der Waals surface area (Å²) in [5, 5.41) is 3.27. The van der Waals surface area contributed by atoms with Crippen LogP contribution in [0.15, 0.2) is 24.3 Å². The van der Waals surface area contributed by atoms with E-state index in [4.69, 9.17) is 4.74 Å². The van der Waals surface area contributed by atoms with Crippen molar-refractivity contribution in [3.63, 3.8) is 0 Å². The van der Waals surface area contributed by atoms with Crippen molar-refractivity contribution in [2.45, 2.75) is 45.0 Å². The van der Waals surface area contributed by atoms with Gasteiger partial charge in [-0.15, -0.1) is 0 Å². The molecule has 1 atom stereocenters. The predicted molar refractivity (Wildman–Crippen MR) is 82.0 cm³/mol. The van der Waals surface area contributed by atoms with Crippen molar-refractivity contribution < 1.29 is 22.7 Å². The van der Waals surface area contributed by atoms with Gasteiger partial charge in [0.05, 0.1) is 11.6 Å². The molecule has 0 saturated carbocycles. The van der Waals surface area contributed by atoms with Crippen molar-refractivity contribution >= 4 is 22.0 Å². The summed E-state index contributed by atoms with van der Waals surface area (Å²) in [5.41, 5.74) is -0.757. The number of nitrogens with one attached hydrogen (secondary N) is 1. The summed E-state index contributed by atoms with van der Waals surface area (Å²) in [6.07, 6.45) is -4.44. The molecule has 0 aromatic heterocycles. The molecule has 1 rings (SSSR count). The standard InChI is InChI=1S/C15H19BrF3NO2/c1-14(2,3)22-13(21)20-12(8-9-16)10-4-6-11(7-5-10)15(17,18)19/h4-7,12H,8-9H2,1-3H3,(H,20,21). The Balaban J connectivity index is 2.85. The van der Waals surface area contributed by atoms with Crippen molar-refractivity contribution in [2.24, 2.45) is 0 Å². The SMILES string of the molecule is CC(C)(C)OC(=O)NC(CCBr)c1ccc(C(F)(F)F)cc1. The summed E-state index contributed by atoms with van der Waals surface area (Å²) >= 11 is 3.27. The number of carbonyl (C=O) groups excluding carboxylic acids is 1. The number of amides is 1. The van der Waals surface area contributed by atoms with E-state index in [0.717, 1.165) is 12.1 Å². The first-order valence-electron chi connectivity index (χ1n) is 6.75. The van der Waals surface area contributed by atoms with Crippen molar-refractivity contribution in [3.05, 3.63) is 35.4 Å². The first kappa shape index (κ1) is 18.8. The van der Waals surface area contributed by atoms with E-state index in [1.165, 1.54) is 12.1 Å². The molecule has 3 nitrogen and oxygen atoms in total. The molecule has 0 aliphatic carbocycles. The van der Waals surface area contributed by atoms with Gasteiger partial charge in [0.2, 0.25) is 0 Å². The highest BCUT2D eigenvalue weighted by molar-refractivity contribution is 9.09. The fourth-order valence-electron chi connectivity index (χ4n) is 1.79. The maximum absolute atomic E-state index is 12.6. The molecule has 0 aliphatic rings. The van der Waals surface area contributed by atoms with Gasteiger partial charge in [0.25, 0.3) is 0 Å². The Morgan fingerprint density at radius 3 is 2.18 bits per heavy atom. The van der Waals surface area contributed by atoms with E-state index in [-0.39, 0.29) is 0 Å². The molecular formula is C15H19BrF3NO2. The minimum Gasteiger partial charge on any atom is -0.444 e. The molecule has 1 aromatic carbocycles. The van der Waals surface area contributed by atoms with Gasteiger partial charge in [0, 0.05) is 5.33 Å². The van der Waals surface area contributed by atoms with Gasteiger partial charge in [-0.2, -0.15) is 13.2 Å². The third kappa shape index (κ3) is 6.25. The second kappa shape index (κ2) is 7.35. The summed E-state index contributed by atoms with van der Waals surface area (Å²) < 4.78 is 42.9. The minimum absolute atomic E-state index is 0.420. The highest BCUT2D eigenvalue weighted by Gasteiger charge is 2.30. The Kier molecular flexibility index (Phi) is 6.28. The molecule has 1 amide bonds. The first-order chi connectivity index (χ1) is 10.0. The molecule has 0 spiro atoms. The van der Waals surface area contributed by atoms with Crippen LogP contribution in [0.3, 0.4) is 0 Å². The molecule has 0 heterocycles. The summed E-state index contributed by atoms with van der Waals surface area (Å²) in [6.45, 7) is 5.22. The maximum atomic E-state index is 12.6. The van der Waals surface area contributed by atoms with Gasteiger partial charge < -0.3 is 10.1 Å². The monoisotopic (exact) mass is 381 g/mol. The van der Waals surface area contributed by atoms with Crippen LogP contribution in [0.4, 0.5) is 18.0 Å². The molecule has 0 aliphatic heterocycles. The van der Waals surface area contributed by atoms with Gasteiger partial charge >= 0.3 is 12.3 Å². The molecule has 7 heteroatoms. The second-order valence-corrected chi connectivity index (χ2v) is 6.59. The molecule has 22 heavy (non-hydrogen) atoms. The molecule has 1 unspecified atom stereocenters. The number of ether oxygens (including phenoxy) is 1. The Morgan fingerprint density at radius 2 is 1.77 bits per heavy atom. The smallest absolute Gasteiger partial charge is 0.416 e. The van der Waals surface area contributed by atoms with E-state index in [1.807, 2.05) is 0 Å². The quantitative estimate of drug-likeness (QED) is 0.740. The number of hydrogen-bond donors (Lipinski definition) is 1. The van der Waals surface area contributed by atoms with Gasteiger partial charge in [0.1, 0.15) is 5.60 Å². The molecule has 0 saturated heterocycles. The summed E-state index contributed by atoms with van der Waals surface area (Å²) in [5.74, 6) is 0. The normalized spacial score (nSPS) is 13.6. The van der Waals surface area contributed by atoms with Gasteiger partial charge in [-0.25, -0.2) is 4.79 Å². The van der Waals surface area contributed by atoms with E-state index in [2.05, 4.69) is 21.2 Å².